The van der Waals surface area contributed by atoms with E-state index in [1.54, 1.807) is 0 Å². The second kappa shape index (κ2) is 9.92. The van der Waals surface area contributed by atoms with Crippen molar-refractivity contribution in [3.63, 3.8) is 0 Å². The molecular formula is C24H30N2O5. The van der Waals surface area contributed by atoms with Crippen molar-refractivity contribution in [3.8, 4) is 0 Å². The first-order valence-electron chi connectivity index (χ1n) is 10.8. The molecule has 0 aromatic heterocycles. The van der Waals surface area contributed by atoms with Crippen molar-refractivity contribution in [3.05, 3.63) is 59.8 Å². The van der Waals surface area contributed by atoms with E-state index in [0.29, 0.717) is 12.8 Å². The van der Waals surface area contributed by atoms with Crippen LogP contribution in [0.5, 0.6) is 0 Å². The fourth-order valence-electron chi connectivity index (χ4n) is 4.68. The average molecular weight is 427 g/mol. The van der Waals surface area contributed by atoms with E-state index in [4.69, 9.17) is 5.73 Å². The zero-order chi connectivity index (χ0) is 22.4. The third-order valence-corrected chi connectivity index (χ3v) is 6.37. The molecule has 0 saturated carbocycles. The van der Waals surface area contributed by atoms with Gasteiger partial charge in [-0.25, -0.2) is 0 Å². The Morgan fingerprint density at radius 3 is 2.65 bits per heavy atom. The lowest BCUT2D eigenvalue weighted by atomic mass is 9.73. The van der Waals surface area contributed by atoms with Gasteiger partial charge < -0.3 is 20.8 Å². The van der Waals surface area contributed by atoms with Crippen LogP contribution in [-0.2, 0) is 20.8 Å². The first kappa shape index (κ1) is 22.7. The predicted octanol–water partition coefficient (Wildman–Crippen LogP) is 2.96. The molecule has 1 aromatic carbocycles. The summed E-state index contributed by atoms with van der Waals surface area (Å²) in [5.41, 5.74) is 6.77. The average Bonchev–Trinajstić information content (AvgIpc) is 2.74. The highest BCUT2D eigenvalue weighted by molar-refractivity contribution is 5.93. The molecule has 3 unspecified atom stereocenters. The standard InChI is InChI=1S/C24H30N2O5/c25-24(19(22(29)30)13-12-17-7-2-1-3-8-17)15-6-10-18-9-4-5-11-20(18)26(23(24)31)16-14-21(27)28/h1-5,7-8,11,18-19H,6,9-10,12-16,25H2,(H,27,28)(H,29,30). The summed E-state index contributed by atoms with van der Waals surface area (Å²) in [6.07, 6.45) is 8.67. The number of hydrogen-bond acceptors (Lipinski definition) is 4. The van der Waals surface area contributed by atoms with Crippen LogP contribution in [0.2, 0.25) is 0 Å². The van der Waals surface area contributed by atoms with E-state index < -0.39 is 29.3 Å². The summed E-state index contributed by atoms with van der Waals surface area (Å²) in [7, 11) is 0. The number of benzene rings is 1. The smallest absolute Gasteiger partial charge is 0.308 e. The summed E-state index contributed by atoms with van der Waals surface area (Å²) in [6.45, 7) is -0.0195. The minimum absolute atomic E-state index is 0.0195. The largest absolute Gasteiger partial charge is 0.481 e. The van der Waals surface area contributed by atoms with Crippen LogP contribution in [0, 0.1) is 11.8 Å². The molecule has 0 bridgehead atoms. The maximum absolute atomic E-state index is 13.7. The van der Waals surface area contributed by atoms with Crippen molar-refractivity contribution >= 4 is 17.8 Å². The molecule has 166 valence electrons. The zero-order valence-corrected chi connectivity index (χ0v) is 17.6. The van der Waals surface area contributed by atoms with Gasteiger partial charge in [-0.1, -0.05) is 48.9 Å². The summed E-state index contributed by atoms with van der Waals surface area (Å²) in [5.74, 6) is -3.55. The number of aliphatic carboxylic acids is 2. The van der Waals surface area contributed by atoms with Crippen LogP contribution in [-0.4, -0.2) is 45.0 Å². The number of aryl methyl sites for hydroxylation is 1. The van der Waals surface area contributed by atoms with Crippen LogP contribution in [0.1, 0.15) is 44.1 Å². The van der Waals surface area contributed by atoms with Gasteiger partial charge >= 0.3 is 11.9 Å². The predicted molar refractivity (Wildman–Crippen MR) is 116 cm³/mol. The molecule has 4 N–H and O–H groups in total. The Morgan fingerprint density at radius 2 is 1.97 bits per heavy atom. The van der Waals surface area contributed by atoms with Gasteiger partial charge in [-0.05, 0) is 43.7 Å². The number of nitrogens with two attached hydrogens (primary N) is 1. The van der Waals surface area contributed by atoms with Crippen LogP contribution in [0.4, 0.5) is 0 Å². The number of nitrogens with zero attached hydrogens (tertiary/aromatic N) is 1. The molecule has 1 fully saturated rings. The van der Waals surface area contributed by atoms with Crippen molar-refractivity contribution < 1.29 is 24.6 Å². The van der Waals surface area contributed by atoms with E-state index in [1.165, 1.54) is 4.90 Å². The molecule has 1 saturated heterocycles. The molecule has 3 rings (SSSR count). The maximum Gasteiger partial charge on any atom is 0.308 e. The highest BCUT2D eigenvalue weighted by Gasteiger charge is 2.49. The first-order chi connectivity index (χ1) is 14.8. The van der Waals surface area contributed by atoms with Gasteiger partial charge in [0.05, 0.1) is 12.3 Å². The molecule has 2 aliphatic rings. The van der Waals surface area contributed by atoms with E-state index in [2.05, 4.69) is 0 Å². The number of rotatable bonds is 8. The van der Waals surface area contributed by atoms with Crippen LogP contribution in [0.25, 0.3) is 0 Å². The number of fused-ring (bicyclic) bond motifs is 1. The number of carboxylic acid groups (broad SMARTS) is 2. The zero-order valence-electron chi connectivity index (χ0n) is 17.6. The molecule has 1 heterocycles. The molecule has 1 aliphatic heterocycles. The first-order valence-corrected chi connectivity index (χ1v) is 10.8. The number of carboxylic acids is 2. The van der Waals surface area contributed by atoms with E-state index in [1.807, 2.05) is 48.6 Å². The molecule has 7 nitrogen and oxygen atoms in total. The highest BCUT2D eigenvalue weighted by Crippen LogP contribution is 2.37. The molecule has 7 heteroatoms. The summed E-state index contributed by atoms with van der Waals surface area (Å²) < 4.78 is 0. The highest BCUT2D eigenvalue weighted by atomic mass is 16.4. The van der Waals surface area contributed by atoms with Gasteiger partial charge in [-0.15, -0.1) is 0 Å². The maximum atomic E-state index is 13.7. The Bertz CT molecular complexity index is 879. The van der Waals surface area contributed by atoms with E-state index in [0.717, 1.165) is 24.1 Å². The van der Waals surface area contributed by atoms with Gasteiger partial charge in [-0.2, -0.15) is 0 Å². The van der Waals surface area contributed by atoms with Crippen molar-refractivity contribution in [2.75, 3.05) is 6.54 Å². The summed E-state index contributed by atoms with van der Waals surface area (Å²) in [6, 6.07) is 9.52. The lowest BCUT2D eigenvalue weighted by Crippen LogP contribution is -2.62. The van der Waals surface area contributed by atoms with Crippen LogP contribution in [0.15, 0.2) is 54.3 Å². The van der Waals surface area contributed by atoms with Crippen molar-refractivity contribution in [2.24, 2.45) is 17.6 Å². The fraction of sp³-hybridized carbons (Fsp3) is 0.458. The molecule has 1 amide bonds. The van der Waals surface area contributed by atoms with Crippen LogP contribution >= 0.6 is 0 Å². The molecule has 31 heavy (non-hydrogen) atoms. The second-order valence-corrected chi connectivity index (χ2v) is 8.40. The van der Waals surface area contributed by atoms with Gasteiger partial charge in [0.1, 0.15) is 5.54 Å². The molecule has 3 atom stereocenters. The van der Waals surface area contributed by atoms with Gasteiger partial charge in [-0.3, -0.25) is 14.4 Å². The Balaban J connectivity index is 1.92. The number of likely N-dealkylation sites (tertiary alicyclic amines) is 1. The topological polar surface area (TPSA) is 121 Å². The minimum atomic E-state index is -1.59. The number of amides is 1. The van der Waals surface area contributed by atoms with E-state index in [9.17, 15) is 24.6 Å². The lowest BCUT2D eigenvalue weighted by molar-refractivity contribution is -0.153. The van der Waals surface area contributed by atoms with Crippen molar-refractivity contribution in [1.82, 2.24) is 4.90 Å². The molecule has 0 spiro atoms. The molecule has 1 aromatic rings. The SMILES string of the molecule is NC1(C(CCc2ccccc2)C(=O)O)CCCC2CC=CC=C2N(CCC(=O)O)C1=O. The van der Waals surface area contributed by atoms with Gasteiger partial charge in [0.15, 0.2) is 0 Å². The van der Waals surface area contributed by atoms with Crippen molar-refractivity contribution in [1.29, 1.82) is 0 Å². The Kier molecular flexibility index (Phi) is 7.28. The fourth-order valence-corrected chi connectivity index (χ4v) is 4.68. The lowest BCUT2D eigenvalue weighted by Gasteiger charge is -2.43. The third kappa shape index (κ3) is 5.22. The minimum Gasteiger partial charge on any atom is -0.481 e. The number of allylic oxidation sites excluding steroid dienone is 4. The summed E-state index contributed by atoms with van der Waals surface area (Å²) in [4.78, 5) is 38.7. The molecule has 1 aliphatic carbocycles. The third-order valence-electron chi connectivity index (χ3n) is 6.37. The number of carbonyl (C=O) groups is 3. The Hall–Kier alpha value is -2.93. The van der Waals surface area contributed by atoms with Crippen LogP contribution in [0.3, 0.4) is 0 Å². The normalized spacial score (nSPS) is 24.5. The van der Waals surface area contributed by atoms with E-state index in [-0.39, 0.29) is 31.7 Å². The second-order valence-electron chi connectivity index (χ2n) is 8.40. The molecular weight excluding hydrogens is 396 g/mol. The van der Waals surface area contributed by atoms with Crippen LogP contribution < -0.4 is 5.73 Å². The quantitative estimate of drug-likeness (QED) is 0.588. The van der Waals surface area contributed by atoms with Gasteiger partial charge in [0, 0.05) is 18.2 Å². The number of carbonyl (C=O) groups excluding carboxylic acids is 1. The monoisotopic (exact) mass is 426 g/mol. The van der Waals surface area contributed by atoms with Gasteiger partial charge in [0.2, 0.25) is 5.91 Å². The summed E-state index contributed by atoms with van der Waals surface area (Å²) >= 11 is 0. The number of hydrogen-bond donors (Lipinski definition) is 3. The van der Waals surface area contributed by atoms with E-state index >= 15 is 0 Å². The Morgan fingerprint density at radius 1 is 1.23 bits per heavy atom. The van der Waals surface area contributed by atoms with Crippen molar-refractivity contribution in [2.45, 2.75) is 50.5 Å². The molecule has 0 radical (unpaired) electrons. The Labute approximate surface area is 182 Å². The summed E-state index contributed by atoms with van der Waals surface area (Å²) in [5, 5.41) is 19.2. The van der Waals surface area contributed by atoms with Gasteiger partial charge in [0.25, 0.3) is 0 Å².